The SMILES string of the molecule is CCOC(=O)C1CCCC(CC(O)c2ccccc2)N1C(=O)OC(C)(C)C. The lowest BCUT2D eigenvalue weighted by molar-refractivity contribution is -0.152. The summed E-state index contributed by atoms with van der Waals surface area (Å²) in [5, 5.41) is 10.6. The minimum Gasteiger partial charge on any atom is -0.464 e. The van der Waals surface area contributed by atoms with Crippen molar-refractivity contribution in [1.29, 1.82) is 0 Å². The van der Waals surface area contributed by atoms with E-state index in [0.717, 1.165) is 12.0 Å². The molecule has 0 saturated carbocycles. The molecule has 2 rings (SSSR count). The second-order valence-corrected chi connectivity index (χ2v) is 7.90. The van der Waals surface area contributed by atoms with E-state index in [0.29, 0.717) is 19.3 Å². The Morgan fingerprint density at radius 2 is 1.89 bits per heavy atom. The second kappa shape index (κ2) is 9.22. The van der Waals surface area contributed by atoms with Crippen LogP contribution < -0.4 is 0 Å². The zero-order valence-electron chi connectivity index (χ0n) is 16.7. The van der Waals surface area contributed by atoms with Gasteiger partial charge in [-0.15, -0.1) is 0 Å². The molecule has 0 aliphatic carbocycles. The van der Waals surface area contributed by atoms with Gasteiger partial charge in [-0.3, -0.25) is 4.90 Å². The molecular weight excluding hydrogens is 346 g/mol. The molecule has 1 saturated heterocycles. The molecule has 150 valence electrons. The number of likely N-dealkylation sites (tertiary alicyclic amines) is 1. The van der Waals surface area contributed by atoms with E-state index in [2.05, 4.69) is 0 Å². The van der Waals surface area contributed by atoms with Crippen molar-refractivity contribution in [2.75, 3.05) is 6.61 Å². The summed E-state index contributed by atoms with van der Waals surface area (Å²) in [6.45, 7) is 7.39. The number of esters is 1. The lowest BCUT2D eigenvalue weighted by Gasteiger charge is -2.41. The minimum absolute atomic E-state index is 0.259. The van der Waals surface area contributed by atoms with Crippen LogP contribution in [0, 0.1) is 0 Å². The molecule has 27 heavy (non-hydrogen) atoms. The van der Waals surface area contributed by atoms with Crippen molar-refractivity contribution >= 4 is 12.1 Å². The number of hydrogen-bond donors (Lipinski definition) is 1. The maximum atomic E-state index is 12.9. The molecular formula is C21H31NO5. The highest BCUT2D eigenvalue weighted by molar-refractivity contribution is 5.82. The number of benzene rings is 1. The van der Waals surface area contributed by atoms with Crippen LogP contribution in [0.5, 0.6) is 0 Å². The fourth-order valence-corrected chi connectivity index (χ4v) is 3.44. The summed E-state index contributed by atoms with van der Waals surface area (Å²) in [5.41, 5.74) is 0.121. The van der Waals surface area contributed by atoms with Gasteiger partial charge in [-0.25, -0.2) is 9.59 Å². The van der Waals surface area contributed by atoms with Crippen LogP contribution in [-0.4, -0.2) is 46.4 Å². The molecule has 1 aliphatic heterocycles. The Hall–Kier alpha value is -2.08. The summed E-state index contributed by atoms with van der Waals surface area (Å²) in [7, 11) is 0. The number of piperidine rings is 1. The van der Waals surface area contributed by atoms with Gasteiger partial charge >= 0.3 is 12.1 Å². The Kier molecular flexibility index (Phi) is 7.25. The van der Waals surface area contributed by atoms with Crippen molar-refractivity contribution < 1.29 is 24.2 Å². The van der Waals surface area contributed by atoms with Crippen LogP contribution >= 0.6 is 0 Å². The van der Waals surface area contributed by atoms with Crippen molar-refractivity contribution in [1.82, 2.24) is 4.90 Å². The van der Waals surface area contributed by atoms with Crippen LogP contribution in [0.15, 0.2) is 30.3 Å². The number of hydrogen-bond acceptors (Lipinski definition) is 5. The van der Waals surface area contributed by atoms with Crippen LogP contribution in [0.2, 0.25) is 0 Å². The molecule has 1 fully saturated rings. The van der Waals surface area contributed by atoms with Crippen LogP contribution in [0.3, 0.4) is 0 Å². The van der Waals surface area contributed by atoms with E-state index in [-0.39, 0.29) is 12.6 Å². The molecule has 1 aromatic carbocycles. The summed E-state index contributed by atoms with van der Waals surface area (Å²) in [6.07, 6.45) is 1.12. The molecule has 3 atom stereocenters. The monoisotopic (exact) mass is 377 g/mol. The molecule has 0 bridgehead atoms. The first kappa shape index (κ1) is 21.2. The maximum absolute atomic E-state index is 12.9. The fraction of sp³-hybridized carbons (Fsp3) is 0.619. The highest BCUT2D eigenvalue weighted by atomic mass is 16.6. The number of amides is 1. The Morgan fingerprint density at radius 3 is 2.48 bits per heavy atom. The lowest BCUT2D eigenvalue weighted by atomic mass is 9.90. The molecule has 0 spiro atoms. The number of nitrogens with zero attached hydrogens (tertiary/aromatic N) is 1. The van der Waals surface area contributed by atoms with Crippen molar-refractivity contribution in [2.24, 2.45) is 0 Å². The highest BCUT2D eigenvalue weighted by Gasteiger charge is 2.41. The molecule has 1 aliphatic rings. The first-order chi connectivity index (χ1) is 12.7. The van der Waals surface area contributed by atoms with Crippen LogP contribution in [-0.2, 0) is 14.3 Å². The first-order valence-electron chi connectivity index (χ1n) is 9.64. The van der Waals surface area contributed by atoms with Gasteiger partial charge in [0.1, 0.15) is 11.6 Å². The van der Waals surface area contributed by atoms with Crippen molar-refractivity contribution in [3.63, 3.8) is 0 Å². The van der Waals surface area contributed by atoms with Gasteiger partial charge in [-0.2, -0.15) is 0 Å². The third-order valence-corrected chi connectivity index (χ3v) is 4.59. The van der Waals surface area contributed by atoms with E-state index < -0.39 is 29.8 Å². The third-order valence-electron chi connectivity index (χ3n) is 4.59. The normalized spacial score (nSPS) is 21.4. The van der Waals surface area contributed by atoms with E-state index >= 15 is 0 Å². The van der Waals surface area contributed by atoms with Crippen LogP contribution in [0.1, 0.15) is 65.0 Å². The van der Waals surface area contributed by atoms with Gasteiger partial charge in [0.15, 0.2) is 0 Å². The first-order valence-corrected chi connectivity index (χ1v) is 9.64. The number of aliphatic hydroxyl groups is 1. The fourth-order valence-electron chi connectivity index (χ4n) is 3.44. The van der Waals surface area contributed by atoms with Crippen molar-refractivity contribution in [3.05, 3.63) is 35.9 Å². The molecule has 0 radical (unpaired) electrons. The molecule has 6 heteroatoms. The van der Waals surface area contributed by atoms with E-state index in [1.807, 2.05) is 30.3 Å². The van der Waals surface area contributed by atoms with Crippen molar-refractivity contribution in [3.8, 4) is 0 Å². The molecule has 1 aromatic rings. The summed E-state index contributed by atoms with van der Waals surface area (Å²) >= 11 is 0. The topological polar surface area (TPSA) is 76.1 Å². The standard InChI is InChI=1S/C21H31NO5/c1-5-26-19(24)17-13-9-12-16(22(17)20(25)27-21(2,3)4)14-18(23)15-10-7-6-8-11-15/h6-8,10-11,16-18,23H,5,9,12-14H2,1-4H3. The van der Waals surface area contributed by atoms with E-state index in [1.165, 1.54) is 4.90 Å². The molecule has 1 heterocycles. The molecule has 0 aromatic heterocycles. The summed E-state index contributed by atoms with van der Waals surface area (Å²) < 4.78 is 10.7. The Labute approximate surface area is 161 Å². The minimum atomic E-state index is -0.720. The summed E-state index contributed by atoms with van der Waals surface area (Å²) in [5.74, 6) is -0.415. The average molecular weight is 377 g/mol. The van der Waals surface area contributed by atoms with E-state index in [1.54, 1.807) is 27.7 Å². The number of rotatable bonds is 5. The van der Waals surface area contributed by atoms with Gasteiger partial charge in [-0.05, 0) is 58.9 Å². The predicted molar refractivity (Wildman–Crippen MR) is 102 cm³/mol. The molecule has 6 nitrogen and oxygen atoms in total. The Bertz CT molecular complexity index is 625. The van der Waals surface area contributed by atoms with Gasteiger partial charge in [0.05, 0.1) is 12.7 Å². The van der Waals surface area contributed by atoms with Gasteiger partial charge in [-0.1, -0.05) is 30.3 Å². The Morgan fingerprint density at radius 1 is 1.22 bits per heavy atom. The molecule has 1 amide bonds. The van der Waals surface area contributed by atoms with Gasteiger partial charge in [0, 0.05) is 6.04 Å². The van der Waals surface area contributed by atoms with Crippen LogP contribution in [0.4, 0.5) is 4.79 Å². The summed E-state index contributed by atoms with van der Waals surface area (Å²) in [6, 6.07) is 8.36. The van der Waals surface area contributed by atoms with Crippen LogP contribution in [0.25, 0.3) is 0 Å². The Balaban J connectivity index is 2.23. The third kappa shape index (κ3) is 5.96. The number of carbonyl (C=O) groups excluding carboxylic acids is 2. The number of ether oxygens (including phenoxy) is 2. The zero-order valence-corrected chi connectivity index (χ0v) is 16.7. The smallest absolute Gasteiger partial charge is 0.411 e. The quantitative estimate of drug-likeness (QED) is 0.789. The van der Waals surface area contributed by atoms with Gasteiger partial charge < -0.3 is 14.6 Å². The molecule has 3 unspecified atom stereocenters. The zero-order chi connectivity index (χ0) is 20.0. The number of carbonyl (C=O) groups is 2. The molecule has 1 N–H and O–H groups in total. The average Bonchev–Trinajstić information content (AvgIpc) is 2.61. The van der Waals surface area contributed by atoms with Gasteiger partial charge in [0.2, 0.25) is 0 Å². The maximum Gasteiger partial charge on any atom is 0.411 e. The lowest BCUT2D eigenvalue weighted by Crippen LogP contribution is -2.55. The number of aliphatic hydroxyl groups excluding tert-OH is 1. The van der Waals surface area contributed by atoms with Gasteiger partial charge in [0.25, 0.3) is 0 Å². The highest BCUT2D eigenvalue weighted by Crippen LogP contribution is 2.32. The van der Waals surface area contributed by atoms with Crippen molar-refractivity contribution in [2.45, 2.75) is 77.2 Å². The van der Waals surface area contributed by atoms with E-state index in [9.17, 15) is 14.7 Å². The largest absolute Gasteiger partial charge is 0.464 e. The second-order valence-electron chi connectivity index (χ2n) is 7.90. The summed E-state index contributed by atoms with van der Waals surface area (Å²) in [4.78, 5) is 26.8. The van der Waals surface area contributed by atoms with E-state index in [4.69, 9.17) is 9.47 Å². The predicted octanol–water partition coefficient (Wildman–Crippen LogP) is 3.83.